The molecule has 7 aromatic carbocycles. The Morgan fingerprint density at radius 1 is 0.520 bits per heavy atom. The Kier molecular flexibility index (Phi) is 8.30. The van der Waals surface area contributed by atoms with E-state index >= 15 is 0 Å². The molecular formula is C47H35N3. The lowest BCUT2D eigenvalue weighted by Gasteiger charge is -2.14. The Labute approximate surface area is 292 Å². The van der Waals surface area contributed by atoms with E-state index < -0.39 is 0 Å². The predicted molar refractivity (Wildman–Crippen MR) is 211 cm³/mol. The van der Waals surface area contributed by atoms with Gasteiger partial charge < -0.3 is 4.57 Å². The maximum atomic E-state index is 8.93. The highest BCUT2D eigenvalue weighted by molar-refractivity contribution is 6.15. The van der Waals surface area contributed by atoms with E-state index in [0.717, 1.165) is 50.0 Å². The van der Waals surface area contributed by atoms with Gasteiger partial charge in [0.25, 0.3) is 0 Å². The zero-order chi connectivity index (χ0) is 33.9. The summed E-state index contributed by atoms with van der Waals surface area (Å²) in [4.78, 5) is 5.02. The van der Waals surface area contributed by atoms with Crippen molar-refractivity contribution in [1.29, 1.82) is 5.41 Å². The molecule has 3 heteroatoms. The molecule has 0 bridgehead atoms. The van der Waals surface area contributed by atoms with Gasteiger partial charge in [-0.1, -0.05) is 157 Å². The zero-order valence-electron chi connectivity index (χ0n) is 27.8. The number of hydrogen-bond acceptors (Lipinski definition) is 2. The van der Waals surface area contributed by atoms with E-state index in [1.165, 1.54) is 27.4 Å². The summed E-state index contributed by atoms with van der Waals surface area (Å²) in [5.74, 6) is 0. The van der Waals surface area contributed by atoms with E-state index in [0.29, 0.717) is 5.71 Å². The summed E-state index contributed by atoms with van der Waals surface area (Å²) in [5, 5.41) is 12.5. The number of aromatic nitrogens is 2. The Balaban J connectivity index is 0.000000463. The van der Waals surface area contributed by atoms with Gasteiger partial charge in [-0.05, 0) is 48.4 Å². The summed E-state index contributed by atoms with van der Waals surface area (Å²) in [6, 6.07) is 62.8. The second kappa shape index (κ2) is 13.5. The van der Waals surface area contributed by atoms with E-state index in [1.54, 1.807) is 0 Å². The Hall–Kier alpha value is -6.58. The third-order valence-corrected chi connectivity index (χ3v) is 9.22. The minimum absolute atomic E-state index is 0.506. The SMILES string of the molecule is Cc1ccccc1.N=C(c1ccccc1)c1ccccc1-c1cnc2c(-c3cccc(-n4c5ccccc5c5ccccc54)c3)cccc2c1. The molecule has 0 aliphatic rings. The number of pyridine rings is 1. The minimum atomic E-state index is 0.506. The molecule has 0 spiro atoms. The Morgan fingerprint density at radius 2 is 1.12 bits per heavy atom. The van der Waals surface area contributed by atoms with Crippen LogP contribution in [0.3, 0.4) is 0 Å². The third-order valence-electron chi connectivity index (χ3n) is 9.22. The fourth-order valence-electron chi connectivity index (χ4n) is 6.80. The summed E-state index contributed by atoms with van der Waals surface area (Å²) in [5.41, 5.74) is 12.3. The molecule has 0 amide bonds. The number of fused-ring (bicyclic) bond motifs is 4. The van der Waals surface area contributed by atoms with E-state index in [9.17, 15) is 0 Å². The molecule has 9 rings (SSSR count). The van der Waals surface area contributed by atoms with Crippen LogP contribution < -0.4 is 0 Å². The van der Waals surface area contributed by atoms with E-state index in [-0.39, 0.29) is 0 Å². The highest BCUT2D eigenvalue weighted by atomic mass is 15.0. The van der Waals surface area contributed by atoms with Gasteiger partial charge in [-0.3, -0.25) is 10.4 Å². The van der Waals surface area contributed by atoms with Crippen LogP contribution in [0.15, 0.2) is 188 Å². The molecule has 0 radical (unpaired) electrons. The molecule has 2 heterocycles. The van der Waals surface area contributed by atoms with Crippen molar-refractivity contribution in [1.82, 2.24) is 9.55 Å². The first-order valence-electron chi connectivity index (χ1n) is 16.9. The van der Waals surface area contributed by atoms with Crippen LogP contribution in [0.4, 0.5) is 0 Å². The Morgan fingerprint density at radius 3 is 1.82 bits per heavy atom. The molecule has 0 atom stereocenters. The number of benzene rings is 7. The highest BCUT2D eigenvalue weighted by Gasteiger charge is 2.15. The first-order valence-corrected chi connectivity index (χ1v) is 16.9. The maximum Gasteiger partial charge on any atom is 0.0780 e. The fraction of sp³-hybridized carbons (Fsp3) is 0.0213. The summed E-state index contributed by atoms with van der Waals surface area (Å²) in [6.45, 7) is 2.08. The van der Waals surface area contributed by atoms with Crippen LogP contribution in [0, 0.1) is 12.3 Å². The number of nitrogens with zero attached hydrogens (tertiary/aromatic N) is 2. The highest BCUT2D eigenvalue weighted by Crippen LogP contribution is 2.35. The smallest absolute Gasteiger partial charge is 0.0780 e. The minimum Gasteiger partial charge on any atom is -0.309 e. The van der Waals surface area contributed by atoms with E-state index in [1.807, 2.05) is 72.9 Å². The average Bonchev–Trinajstić information content (AvgIpc) is 3.52. The first kappa shape index (κ1) is 30.7. The second-order valence-electron chi connectivity index (χ2n) is 12.5. The molecule has 0 aliphatic carbocycles. The molecule has 0 fully saturated rings. The first-order chi connectivity index (χ1) is 24.7. The van der Waals surface area contributed by atoms with Crippen molar-refractivity contribution in [2.24, 2.45) is 0 Å². The average molecular weight is 642 g/mol. The number of nitrogens with one attached hydrogen (secondary N) is 1. The molecule has 1 N–H and O–H groups in total. The lowest BCUT2D eigenvalue weighted by Crippen LogP contribution is -2.03. The van der Waals surface area contributed by atoms with Crippen LogP contribution in [-0.4, -0.2) is 15.3 Å². The number of para-hydroxylation sites is 3. The number of aryl methyl sites for hydroxylation is 1. The van der Waals surface area contributed by atoms with Crippen LogP contribution in [0.5, 0.6) is 0 Å². The number of rotatable bonds is 5. The van der Waals surface area contributed by atoms with E-state index in [4.69, 9.17) is 10.4 Å². The van der Waals surface area contributed by atoms with Gasteiger partial charge >= 0.3 is 0 Å². The molecule has 238 valence electrons. The van der Waals surface area contributed by atoms with Crippen molar-refractivity contribution in [2.75, 3.05) is 0 Å². The molecule has 9 aromatic rings. The largest absolute Gasteiger partial charge is 0.309 e. The van der Waals surface area contributed by atoms with Crippen molar-refractivity contribution in [3.05, 3.63) is 205 Å². The summed E-state index contributed by atoms with van der Waals surface area (Å²) in [7, 11) is 0. The van der Waals surface area contributed by atoms with Crippen molar-refractivity contribution in [2.45, 2.75) is 6.92 Å². The summed E-state index contributed by atoms with van der Waals surface area (Å²) < 4.78 is 2.35. The van der Waals surface area contributed by atoms with Gasteiger partial charge in [-0.15, -0.1) is 0 Å². The molecule has 0 saturated carbocycles. The van der Waals surface area contributed by atoms with Gasteiger partial charge in [-0.25, -0.2) is 0 Å². The van der Waals surface area contributed by atoms with Gasteiger partial charge in [0.1, 0.15) is 0 Å². The van der Waals surface area contributed by atoms with Crippen molar-refractivity contribution >= 4 is 38.4 Å². The summed E-state index contributed by atoms with van der Waals surface area (Å²) in [6.07, 6.45) is 1.94. The predicted octanol–water partition coefficient (Wildman–Crippen LogP) is 12.1. The maximum absolute atomic E-state index is 8.93. The summed E-state index contributed by atoms with van der Waals surface area (Å²) >= 11 is 0. The fourth-order valence-corrected chi connectivity index (χ4v) is 6.80. The molecular weight excluding hydrogens is 607 g/mol. The van der Waals surface area contributed by atoms with Gasteiger partial charge in [0.15, 0.2) is 0 Å². The lowest BCUT2D eigenvalue weighted by atomic mass is 9.93. The number of hydrogen-bond donors (Lipinski definition) is 1. The van der Waals surface area contributed by atoms with Crippen LogP contribution in [0.25, 0.3) is 60.6 Å². The molecule has 0 unspecified atom stereocenters. The van der Waals surface area contributed by atoms with Crippen molar-refractivity contribution in [3.8, 4) is 27.9 Å². The zero-order valence-corrected chi connectivity index (χ0v) is 27.8. The monoisotopic (exact) mass is 641 g/mol. The van der Waals surface area contributed by atoms with Crippen LogP contribution in [0.2, 0.25) is 0 Å². The van der Waals surface area contributed by atoms with Gasteiger partial charge in [0, 0.05) is 50.3 Å². The molecule has 2 aromatic heterocycles. The van der Waals surface area contributed by atoms with Crippen molar-refractivity contribution in [3.63, 3.8) is 0 Å². The standard InChI is InChI=1S/C40H27N3.C7H8/c41-39(27-12-2-1-3-13-27)36-20-5-4-17-32(36)30-24-29-15-11-21-33(40(29)42-26-30)28-14-10-16-31(25-28)43-37-22-8-6-18-34(37)35-19-7-9-23-38(35)43;1-7-5-3-2-4-6-7/h1-26,41H;2-6H,1H3. The normalized spacial score (nSPS) is 11.0. The molecule has 50 heavy (non-hydrogen) atoms. The van der Waals surface area contributed by atoms with Gasteiger partial charge in [0.05, 0.1) is 22.3 Å². The lowest BCUT2D eigenvalue weighted by molar-refractivity contribution is 1.18. The molecule has 0 saturated heterocycles. The molecule has 3 nitrogen and oxygen atoms in total. The van der Waals surface area contributed by atoms with Crippen LogP contribution in [-0.2, 0) is 0 Å². The topological polar surface area (TPSA) is 41.7 Å². The van der Waals surface area contributed by atoms with Gasteiger partial charge in [-0.2, -0.15) is 0 Å². The third kappa shape index (κ3) is 5.86. The Bertz CT molecular complexity index is 2560. The second-order valence-corrected chi connectivity index (χ2v) is 12.5. The van der Waals surface area contributed by atoms with Crippen molar-refractivity contribution < 1.29 is 0 Å². The van der Waals surface area contributed by atoms with Crippen LogP contribution in [0.1, 0.15) is 16.7 Å². The van der Waals surface area contributed by atoms with E-state index in [2.05, 4.69) is 127 Å². The van der Waals surface area contributed by atoms with Gasteiger partial charge in [0.2, 0.25) is 0 Å². The molecule has 0 aliphatic heterocycles. The van der Waals surface area contributed by atoms with Crippen LogP contribution >= 0.6 is 0 Å². The quantitative estimate of drug-likeness (QED) is 0.187.